The molecule has 10 heteroatoms. The smallest absolute Gasteiger partial charge is 0.308 e. The van der Waals surface area contributed by atoms with E-state index in [4.69, 9.17) is 14.2 Å². The third kappa shape index (κ3) is 4.05. The summed E-state index contributed by atoms with van der Waals surface area (Å²) in [5.41, 5.74) is 0.353. The van der Waals surface area contributed by atoms with Gasteiger partial charge in [-0.1, -0.05) is 42.5 Å². The zero-order chi connectivity index (χ0) is 23.7. The molecule has 1 amide bonds. The minimum atomic E-state index is -0.931. The summed E-state index contributed by atoms with van der Waals surface area (Å²) in [4.78, 5) is 35.0. The molecule has 0 N–H and O–H groups in total. The van der Waals surface area contributed by atoms with Crippen molar-refractivity contribution in [2.75, 3.05) is 7.11 Å². The van der Waals surface area contributed by atoms with Gasteiger partial charge in [0.25, 0.3) is 5.69 Å². The molecule has 0 spiro atoms. The van der Waals surface area contributed by atoms with E-state index in [-0.39, 0.29) is 28.6 Å². The Kier molecular flexibility index (Phi) is 5.65. The van der Waals surface area contributed by atoms with Gasteiger partial charge in [-0.25, -0.2) is 0 Å². The van der Waals surface area contributed by atoms with Crippen molar-refractivity contribution in [3.05, 3.63) is 75.8 Å². The maximum absolute atomic E-state index is 12.4. The summed E-state index contributed by atoms with van der Waals surface area (Å²) in [7, 11) is 1.29. The average Bonchev–Trinajstić information content (AvgIpc) is 3.23. The highest BCUT2D eigenvalue weighted by Gasteiger charge is 2.37. The first kappa shape index (κ1) is 21.8. The van der Waals surface area contributed by atoms with E-state index in [1.54, 1.807) is 0 Å². The summed E-state index contributed by atoms with van der Waals surface area (Å²) < 4.78 is 16.5. The molecule has 0 unspecified atom stereocenters. The maximum atomic E-state index is 12.4. The molecule has 1 aliphatic heterocycles. The van der Waals surface area contributed by atoms with Gasteiger partial charge in [-0.05, 0) is 10.8 Å². The van der Waals surface area contributed by atoms with Crippen molar-refractivity contribution in [1.82, 2.24) is 5.01 Å². The fourth-order valence-electron chi connectivity index (χ4n) is 3.60. The lowest BCUT2D eigenvalue weighted by Gasteiger charge is -2.21. The highest BCUT2D eigenvalue weighted by molar-refractivity contribution is 6.01. The number of nitro benzene ring substituents is 1. The Morgan fingerprint density at radius 2 is 1.85 bits per heavy atom. The number of ether oxygens (including phenoxy) is 3. The number of amides is 1. The second-order valence-corrected chi connectivity index (χ2v) is 7.18. The summed E-state index contributed by atoms with van der Waals surface area (Å²) in [5.74, 6) is -1.35. The molecule has 3 aromatic carbocycles. The number of fused-ring (bicyclic) bond motifs is 1. The molecule has 0 fully saturated rings. The number of carbonyl (C=O) groups excluding carboxylic acids is 2. The molecular formula is C23H19N3O7. The number of carbonyl (C=O) groups is 2. The van der Waals surface area contributed by atoms with Crippen LogP contribution < -0.4 is 9.47 Å². The molecule has 10 nitrogen and oxygen atoms in total. The van der Waals surface area contributed by atoms with Crippen LogP contribution in [0.1, 0.15) is 31.2 Å². The minimum Gasteiger partial charge on any atom is -0.493 e. The third-order valence-corrected chi connectivity index (χ3v) is 5.00. The number of hydrogen-bond donors (Lipinski definition) is 0. The van der Waals surface area contributed by atoms with Crippen molar-refractivity contribution in [2.24, 2.45) is 5.10 Å². The number of non-ortho nitro benzene ring substituents is 1. The fourth-order valence-corrected chi connectivity index (χ4v) is 3.60. The topological polar surface area (TPSA) is 121 Å². The van der Waals surface area contributed by atoms with Crippen LogP contribution >= 0.6 is 0 Å². The first-order valence-electron chi connectivity index (χ1n) is 9.88. The molecule has 1 aliphatic rings. The molecule has 168 valence electrons. The van der Waals surface area contributed by atoms with Crippen LogP contribution in [0.4, 0.5) is 5.69 Å². The summed E-state index contributed by atoms with van der Waals surface area (Å²) in [6, 6.07) is 15.4. The maximum Gasteiger partial charge on any atom is 0.308 e. The Labute approximate surface area is 188 Å². The second kappa shape index (κ2) is 8.58. The molecule has 0 aliphatic carbocycles. The molecule has 1 atom stereocenters. The highest BCUT2D eigenvalue weighted by Crippen LogP contribution is 2.40. The van der Waals surface area contributed by atoms with E-state index in [1.165, 1.54) is 21.0 Å². The van der Waals surface area contributed by atoms with Crippen LogP contribution in [0.25, 0.3) is 10.8 Å². The van der Waals surface area contributed by atoms with Gasteiger partial charge in [0, 0.05) is 25.5 Å². The second-order valence-electron chi connectivity index (χ2n) is 7.18. The quantitative estimate of drug-likeness (QED) is 0.250. The molecule has 1 heterocycles. The summed E-state index contributed by atoms with van der Waals surface area (Å²) in [6.45, 7) is 2.51. The van der Waals surface area contributed by atoms with Crippen molar-refractivity contribution in [3.8, 4) is 11.5 Å². The Morgan fingerprint density at radius 1 is 1.12 bits per heavy atom. The Bertz CT molecular complexity index is 1310. The van der Waals surface area contributed by atoms with Gasteiger partial charge in [0.15, 0.2) is 11.5 Å². The summed E-state index contributed by atoms with van der Waals surface area (Å²) in [6.07, 6.45) is -0.931. The van der Waals surface area contributed by atoms with E-state index < -0.39 is 23.0 Å². The van der Waals surface area contributed by atoms with Gasteiger partial charge >= 0.3 is 5.97 Å². The fraction of sp³-hybridized carbons (Fsp3) is 0.174. The van der Waals surface area contributed by atoms with Gasteiger partial charge in [-0.15, -0.1) is 5.10 Å². The van der Waals surface area contributed by atoms with Crippen LogP contribution in [-0.2, 0) is 14.3 Å². The molecule has 3 aromatic rings. The van der Waals surface area contributed by atoms with Crippen LogP contribution in [-0.4, -0.2) is 34.8 Å². The van der Waals surface area contributed by atoms with Crippen LogP contribution in [0.2, 0.25) is 0 Å². The number of benzene rings is 3. The van der Waals surface area contributed by atoms with Crippen LogP contribution in [0, 0.1) is 10.1 Å². The lowest BCUT2D eigenvalue weighted by molar-refractivity contribution is -0.385. The highest BCUT2D eigenvalue weighted by atomic mass is 16.6. The number of nitrogens with zero attached hydrogens (tertiary/aromatic N) is 3. The predicted molar refractivity (Wildman–Crippen MR) is 118 cm³/mol. The third-order valence-electron chi connectivity index (χ3n) is 5.00. The average molecular weight is 449 g/mol. The van der Waals surface area contributed by atoms with Gasteiger partial charge in [0.1, 0.15) is 0 Å². The number of hydrazone groups is 1. The normalized spacial score (nSPS) is 15.1. The van der Waals surface area contributed by atoms with Crippen LogP contribution in [0.15, 0.2) is 59.7 Å². The summed E-state index contributed by atoms with van der Waals surface area (Å²) >= 11 is 0. The van der Waals surface area contributed by atoms with Crippen molar-refractivity contribution in [1.29, 1.82) is 0 Å². The van der Waals surface area contributed by atoms with Gasteiger partial charge < -0.3 is 14.2 Å². The lowest BCUT2D eigenvalue weighted by Crippen LogP contribution is -2.25. The number of nitro groups is 1. The predicted octanol–water partition coefficient (Wildman–Crippen LogP) is 3.92. The standard InChI is InChI=1S/C23H19N3O7/c1-13(27)25-23(18-10-6-8-15-7-4-5-9-17(15)18)33-22(24-25)19-11-16(26(29)30)12-20(31-3)21(19)32-14(2)28/h4-12,23H,1-3H3/t23-/m0/s1. The Balaban J connectivity index is 1.87. The Hall–Kier alpha value is -4.47. The largest absolute Gasteiger partial charge is 0.493 e. The zero-order valence-corrected chi connectivity index (χ0v) is 18.0. The summed E-state index contributed by atoms with van der Waals surface area (Å²) in [5, 5.41) is 18.7. The van der Waals surface area contributed by atoms with Gasteiger partial charge in [-0.2, -0.15) is 5.01 Å². The number of rotatable bonds is 5. The van der Waals surface area contributed by atoms with Crippen LogP contribution in [0.5, 0.6) is 11.5 Å². The number of hydrogen-bond acceptors (Lipinski definition) is 8. The minimum absolute atomic E-state index is 0.00485. The number of methoxy groups -OCH3 is 1. The first-order valence-corrected chi connectivity index (χ1v) is 9.88. The van der Waals surface area contributed by atoms with Crippen molar-refractivity contribution in [3.63, 3.8) is 0 Å². The van der Waals surface area contributed by atoms with Gasteiger partial charge in [0.2, 0.25) is 18.0 Å². The lowest BCUT2D eigenvalue weighted by atomic mass is 10.0. The number of esters is 1. The van der Waals surface area contributed by atoms with E-state index >= 15 is 0 Å². The molecule has 0 saturated carbocycles. The Morgan fingerprint density at radius 3 is 2.52 bits per heavy atom. The van der Waals surface area contributed by atoms with Crippen LogP contribution in [0.3, 0.4) is 0 Å². The zero-order valence-electron chi connectivity index (χ0n) is 18.0. The monoisotopic (exact) mass is 449 g/mol. The van der Waals surface area contributed by atoms with E-state index in [1.807, 2.05) is 42.5 Å². The molecule has 0 saturated heterocycles. The first-order chi connectivity index (χ1) is 15.8. The van der Waals surface area contributed by atoms with Gasteiger partial charge in [-0.3, -0.25) is 19.7 Å². The van der Waals surface area contributed by atoms with Crippen molar-refractivity contribution in [2.45, 2.75) is 20.1 Å². The van der Waals surface area contributed by atoms with E-state index in [2.05, 4.69) is 5.10 Å². The molecule has 0 aromatic heterocycles. The van der Waals surface area contributed by atoms with Crippen molar-refractivity contribution >= 4 is 34.2 Å². The molecule has 4 rings (SSSR count). The van der Waals surface area contributed by atoms with E-state index in [0.717, 1.165) is 27.9 Å². The van der Waals surface area contributed by atoms with Gasteiger partial charge in [0.05, 0.1) is 23.7 Å². The SMILES string of the molecule is COc1cc([N+](=O)[O-])cc(C2=NN(C(C)=O)[C@H](c3cccc4ccccc34)O2)c1OC(C)=O. The van der Waals surface area contributed by atoms with Crippen molar-refractivity contribution < 1.29 is 28.7 Å². The molecule has 33 heavy (non-hydrogen) atoms. The van der Waals surface area contributed by atoms with E-state index in [9.17, 15) is 19.7 Å². The molecular weight excluding hydrogens is 430 g/mol. The molecule has 0 bridgehead atoms. The van der Waals surface area contributed by atoms with E-state index in [0.29, 0.717) is 5.56 Å². The molecule has 0 radical (unpaired) electrons.